The van der Waals surface area contributed by atoms with Crippen LogP contribution in [0, 0.1) is 19.8 Å². The van der Waals surface area contributed by atoms with Crippen LogP contribution in [0.4, 0.5) is 0 Å². The van der Waals surface area contributed by atoms with Crippen LogP contribution < -0.4 is 5.32 Å². The zero-order valence-electron chi connectivity index (χ0n) is 14.2. The lowest BCUT2D eigenvalue weighted by Gasteiger charge is -2.34. The number of morpholine rings is 1. The summed E-state index contributed by atoms with van der Waals surface area (Å²) in [5, 5.41) is 3.01. The Balaban J connectivity index is 1.85. The minimum absolute atomic E-state index is 0.0120. The van der Waals surface area contributed by atoms with Gasteiger partial charge in [-0.2, -0.15) is 0 Å². The number of nitrogens with one attached hydrogen (secondary N) is 1. The lowest BCUT2D eigenvalue weighted by atomic mass is 10.1. The van der Waals surface area contributed by atoms with E-state index in [1.54, 1.807) is 0 Å². The SMILES string of the molecule is Cc1ccc(C(=O)NCC2CN(CC(C)C)CCO2)c(C)c1. The average Bonchev–Trinajstić information content (AvgIpc) is 2.44. The van der Waals surface area contributed by atoms with Crippen molar-refractivity contribution in [2.24, 2.45) is 5.92 Å². The third-order valence-corrected chi connectivity index (χ3v) is 3.96. The van der Waals surface area contributed by atoms with Gasteiger partial charge in [0.05, 0.1) is 12.7 Å². The van der Waals surface area contributed by atoms with E-state index in [4.69, 9.17) is 4.74 Å². The fourth-order valence-electron chi connectivity index (χ4n) is 2.96. The predicted octanol–water partition coefficient (Wildman–Crippen LogP) is 2.39. The summed E-state index contributed by atoms with van der Waals surface area (Å²) in [6.07, 6.45) is 0.0854. The lowest BCUT2D eigenvalue weighted by molar-refractivity contribution is -0.0295. The number of carbonyl (C=O) groups is 1. The van der Waals surface area contributed by atoms with Crippen molar-refractivity contribution in [3.8, 4) is 0 Å². The van der Waals surface area contributed by atoms with Crippen LogP contribution >= 0.6 is 0 Å². The van der Waals surface area contributed by atoms with Gasteiger partial charge in [0.15, 0.2) is 0 Å². The molecule has 1 amide bonds. The minimum atomic E-state index is -0.0120. The molecule has 1 aliphatic heterocycles. The highest BCUT2D eigenvalue weighted by Gasteiger charge is 2.21. The first-order chi connectivity index (χ1) is 10.5. The van der Waals surface area contributed by atoms with E-state index in [1.807, 2.05) is 32.0 Å². The van der Waals surface area contributed by atoms with Crippen molar-refractivity contribution in [1.82, 2.24) is 10.2 Å². The van der Waals surface area contributed by atoms with Crippen LogP contribution in [0.5, 0.6) is 0 Å². The Morgan fingerprint density at radius 2 is 2.18 bits per heavy atom. The topological polar surface area (TPSA) is 41.6 Å². The minimum Gasteiger partial charge on any atom is -0.374 e. The first-order valence-electron chi connectivity index (χ1n) is 8.15. The van der Waals surface area contributed by atoms with Crippen LogP contribution in [0.3, 0.4) is 0 Å². The van der Waals surface area contributed by atoms with Gasteiger partial charge in [-0.1, -0.05) is 31.5 Å². The summed E-state index contributed by atoms with van der Waals surface area (Å²) in [7, 11) is 0. The number of carbonyl (C=O) groups excluding carboxylic acids is 1. The molecule has 4 nitrogen and oxygen atoms in total. The summed E-state index contributed by atoms with van der Waals surface area (Å²) < 4.78 is 5.77. The largest absolute Gasteiger partial charge is 0.374 e. The van der Waals surface area contributed by atoms with Crippen molar-refractivity contribution in [2.75, 3.05) is 32.8 Å². The molecular weight excluding hydrogens is 276 g/mol. The first-order valence-corrected chi connectivity index (χ1v) is 8.15. The van der Waals surface area contributed by atoms with Crippen molar-refractivity contribution in [3.63, 3.8) is 0 Å². The highest BCUT2D eigenvalue weighted by Crippen LogP contribution is 2.11. The molecule has 122 valence electrons. The van der Waals surface area contributed by atoms with Gasteiger partial charge in [0.25, 0.3) is 5.91 Å². The number of hydrogen-bond donors (Lipinski definition) is 1. The molecule has 4 heteroatoms. The lowest BCUT2D eigenvalue weighted by Crippen LogP contribution is -2.48. The van der Waals surface area contributed by atoms with E-state index in [0.717, 1.165) is 37.4 Å². The molecule has 1 unspecified atom stereocenters. The molecular formula is C18H28N2O2. The quantitative estimate of drug-likeness (QED) is 0.908. The van der Waals surface area contributed by atoms with Crippen molar-refractivity contribution in [2.45, 2.75) is 33.8 Å². The van der Waals surface area contributed by atoms with Crippen molar-refractivity contribution in [3.05, 3.63) is 34.9 Å². The Hall–Kier alpha value is -1.39. The third-order valence-electron chi connectivity index (χ3n) is 3.96. The Kier molecular flexibility index (Phi) is 5.98. The number of rotatable bonds is 5. The number of nitrogens with zero attached hydrogens (tertiary/aromatic N) is 1. The van der Waals surface area contributed by atoms with E-state index < -0.39 is 0 Å². The van der Waals surface area contributed by atoms with Crippen molar-refractivity contribution < 1.29 is 9.53 Å². The highest BCUT2D eigenvalue weighted by molar-refractivity contribution is 5.95. The molecule has 0 spiro atoms. The molecule has 1 heterocycles. The van der Waals surface area contributed by atoms with Crippen molar-refractivity contribution in [1.29, 1.82) is 0 Å². The molecule has 1 N–H and O–H groups in total. The van der Waals surface area contributed by atoms with Gasteiger partial charge in [0.2, 0.25) is 0 Å². The Labute approximate surface area is 133 Å². The van der Waals surface area contributed by atoms with Crippen LogP contribution in [0.1, 0.15) is 35.3 Å². The molecule has 1 saturated heterocycles. The summed E-state index contributed by atoms with van der Waals surface area (Å²) in [4.78, 5) is 14.7. The Morgan fingerprint density at radius 3 is 2.86 bits per heavy atom. The molecule has 1 aromatic carbocycles. The summed E-state index contributed by atoms with van der Waals surface area (Å²) in [5.74, 6) is 0.644. The van der Waals surface area contributed by atoms with Gasteiger partial charge in [-0.05, 0) is 31.4 Å². The number of aryl methyl sites for hydroxylation is 2. The molecule has 22 heavy (non-hydrogen) atoms. The van der Waals surface area contributed by atoms with Gasteiger partial charge in [-0.3, -0.25) is 9.69 Å². The summed E-state index contributed by atoms with van der Waals surface area (Å²) in [6, 6.07) is 5.91. The van der Waals surface area contributed by atoms with E-state index in [1.165, 1.54) is 5.56 Å². The third kappa shape index (κ3) is 4.82. The standard InChI is InChI=1S/C18H28N2O2/c1-13(2)11-20-7-8-22-16(12-20)10-19-18(21)17-6-5-14(3)9-15(17)4/h5-6,9,13,16H,7-8,10-12H2,1-4H3,(H,19,21). The number of ether oxygens (including phenoxy) is 1. The van der Waals surface area contributed by atoms with Crippen LogP contribution in [0.25, 0.3) is 0 Å². The van der Waals surface area contributed by atoms with E-state index in [2.05, 4.69) is 24.1 Å². The van der Waals surface area contributed by atoms with Gasteiger partial charge >= 0.3 is 0 Å². The number of hydrogen-bond acceptors (Lipinski definition) is 3. The Morgan fingerprint density at radius 1 is 1.41 bits per heavy atom. The van der Waals surface area contributed by atoms with Gasteiger partial charge in [0.1, 0.15) is 0 Å². The highest BCUT2D eigenvalue weighted by atomic mass is 16.5. The molecule has 0 bridgehead atoms. The van der Waals surface area contributed by atoms with Gasteiger partial charge in [-0.25, -0.2) is 0 Å². The molecule has 1 fully saturated rings. The zero-order chi connectivity index (χ0) is 16.1. The van der Waals surface area contributed by atoms with E-state index in [-0.39, 0.29) is 12.0 Å². The normalized spacial score (nSPS) is 19.4. The fraction of sp³-hybridized carbons (Fsp3) is 0.611. The van der Waals surface area contributed by atoms with Crippen molar-refractivity contribution >= 4 is 5.91 Å². The monoisotopic (exact) mass is 304 g/mol. The summed E-state index contributed by atoms with van der Waals surface area (Å²) >= 11 is 0. The van der Waals surface area contributed by atoms with E-state index in [9.17, 15) is 4.79 Å². The maximum absolute atomic E-state index is 12.3. The molecule has 2 rings (SSSR count). The zero-order valence-corrected chi connectivity index (χ0v) is 14.2. The summed E-state index contributed by atoms with van der Waals surface area (Å²) in [5.41, 5.74) is 2.94. The summed E-state index contributed by atoms with van der Waals surface area (Å²) in [6.45, 7) is 12.8. The van der Waals surface area contributed by atoms with Crippen LogP contribution in [-0.4, -0.2) is 49.7 Å². The molecule has 1 aromatic rings. The maximum Gasteiger partial charge on any atom is 0.251 e. The van der Waals surface area contributed by atoms with Crippen LogP contribution in [-0.2, 0) is 4.74 Å². The smallest absolute Gasteiger partial charge is 0.251 e. The van der Waals surface area contributed by atoms with Crippen LogP contribution in [0.15, 0.2) is 18.2 Å². The molecule has 0 aliphatic carbocycles. The van der Waals surface area contributed by atoms with Crippen LogP contribution in [0.2, 0.25) is 0 Å². The van der Waals surface area contributed by atoms with Gasteiger partial charge in [-0.15, -0.1) is 0 Å². The van der Waals surface area contributed by atoms with E-state index >= 15 is 0 Å². The number of amides is 1. The predicted molar refractivity (Wildman–Crippen MR) is 89.3 cm³/mol. The molecule has 0 radical (unpaired) electrons. The molecule has 1 atom stereocenters. The second-order valence-corrected chi connectivity index (χ2v) is 6.67. The second-order valence-electron chi connectivity index (χ2n) is 6.67. The number of benzene rings is 1. The van der Waals surface area contributed by atoms with E-state index in [0.29, 0.717) is 12.5 Å². The molecule has 0 aromatic heterocycles. The molecule has 1 aliphatic rings. The first kappa shape index (κ1) is 17.0. The Bertz CT molecular complexity index is 514. The van der Waals surface area contributed by atoms with Gasteiger partial charge < -0.3 is 10.1 Å². The average molecular weight is 304 g/mol. The fourth-order valence-corrected chi connectivity index (χ4v) is 2.96. The van der Waals surface area contributed by atoms with Gasteiger partial charge in [0, 0.05) is 31.7 Å². The maximum atomic E-state index is 12.3. The second kappa shape index (κ2) is 7.75. The molecule has 0 saturated carbocycles.